The van der Waals surface area contributed by atoms with Crippen LogP contribution < -0.4 is 5.56 Å². The van der Waals surface area contributed by atoms with E-state index in [2.05, 4.69) is 15.1 Å². The Kier molecular flexibility index (Phi) is 3.43. The Bertz CT molecular complexity index is 503. The molecule has 1 aromatic heterocycles. The first-order valence-electron chi connectivity index (χ1n) is 3.86. The first kappa shape index (κ1) is 11.2. The summed E-state index contributed by atoms with van der Waals surface area (Å²) in [5.74, 6) is -0.225. The normalized spacial score (nSPS) is 9.47. The van der Waals surface area contributed by atoms with Crippen LogP contribution in [0, 0.1) is 0 Å². The molecule has 0 aromatic carbocycles. The first-order valence-corrected chi connectivity index (χ1v) is 4.24. The quantitative estimate of drug-likeness (QED) is 0.443. The summed E-state index contributed by atoms with van der Waals surface area (Å²) in [6, 6.07) is 0. The van der Waals surface area contributed by atoms with E-state index >= 15 is 0 Å². The number of aromatic nitrogens is 2. The van der Waals surface area contributed by atoms with Crippen molar-refractivity contribution in [2.24, 2.45) is 5.11 Å². The standard InChI is InChI=1S/C7H6ClN5O2/c1-4(14)3-13-7(15)6(8)5(2-10-13)11-12-9/h2H,3H2,1H3. The molecule has 0 aliphatic carbocycles. The van der Waals surface area contributed by atoms with E-state index in [4.69, 9.17) is 17.1 Å². The number of hydrogen-bond acceptors (Lipinski definition) is 4. The zero-order chi connectivity index (χ0) is 11.4. The number of Topliss-reactive ketones (excluding diaryl/α,β-unsaturated/α-hetero) is 1. The lowest BCUT2D eigenvalue weighted by atomic mass is 10.4. The number of carbonyl (C=O) groups excluding carboxylic acids is 1. The van der Waals surface area contributed by atoms with Crippen LogP contribution in [0.1, 0.15) is 6.92 Å². The van der Waals surface area contributed by atoms with Gasteiger partial charge in [-0.1, -0.05) is 16.7 Å². The molecule has 0 amide bonds. The molecule has 8 heteroatoms. The highest BCUT2D eigenvalue weighted by Crippen LogP contribution is 2.18. The Morgan fingerprint density at radius 2 is 2.47 bits per heavy atom. The third kappa shape index (κ3) is 2.55. The molecule has 0 aliphatic heterocycles. The highest BCUT2D eigenvalue weighted by molar-refractivity contribution is 6.32. The Morgan fingerprint density at radius 1 is 1.80 bits per heavy atom. The fourth-order valence-corrected chi connectivity index (χ4v) is 1.08. The molecular formula is C7H6ClN5O2. The van der Waals surface area contributed by atoms with Crippen LogP contribution >= 0.6 is 11.6 Å². The summed E-state index contributed by atoms with van der Waals surface area (Å²) in [5.41, 5.74) is 7.45. The molecule has 78 valence electrons. The van der Waals surface area contributed by atoms with Crippen LogP contribution in [0.3, 0.4) is 0 Å². The van der Waals surface area contributed by atoms with Gasteiger partial charge in [-0.2, -0.15) is 5.10 Å². The van der Waals surface area contributed by atoms with Crippen LogP contribution in [-0.4, -0.2) is 15.6 Å². The van der Waals surface area contributed by atoms with E-state index in [1.807, 2.05) is 0 Å². The zero-order valence-corrected chi connectivity index (χ0v) is 8.47. The Balaban J connectivity index is 3.27. The molecule has 1 rings (SSSR count). The van der Waals surface area contributed by atoms with E-state index in [9.17, 15) is 9.59 Å². The summed E-state index contributed by atoms with van der Waals surface area (Å²) in [4.78, 5) is 24.7. The highest BCUT2D eigenvalue weighted by atomic mass is 35.5. The monoisotopic (exact) mass is 227 g/mol. The van der Waals surface area contributed by atoms with Crippen LogP contribution in [0.25, 0.3) is 10.4 Å². The number of ketones is 1. The first-order chi connectivity index (χ1) is 7.06. The summed E-state index contributed by atoms with van der Waals surface area (Å²) < 4.78 is 0.904. The number of azide groups is 1. The van der Waals surface area contributed by atoms with Gasteiger partial charge < -0.3 is 0 Å². The molecule has 0 saturated carbocycles. The maximum absolute atomic E-state index is 11.4. The number of halogens is 1. The van der Waals surface area contributed by atoms with Crippen molar-refractivity contribution in [1.29, 1.82) is 0 Å². The molecular weight excluding hydrogens is 222 g/mol. The lowest BCUT2D eigenvalue weighted by Gasteiger charge is -2.02. The van der Waals surface area contributed by atoms with Crippen LogP contribution in [0.15, 0.2) is 16.1 Å². The molecule has 0 unspecified atom stereocenters. The summed E-state index contributed by atoms with van der Waals surface area (Å²) in [7, 11) is 0. The van der Waals surface area contributed by atoms with Gasteiger partial charge >= 0.3 is 0 Å². The fraction of sp³-hybridized carbons (Fsp3) is 0.286. The predicted molar refractivity (Wildman–Crippen MR) is 53.0 cm³/mol. The van der Waals surface area contributed by atoms with Crippen LogP contribution in [-0.2, 0) is 11.3 Å². The Labute approximate surface area is 88.9 Å². The van der Waals surface area contributed by atoms with Gasteiger partial charge in [-0.3, -0.25) is 9.59 Å². The van der Waals surface area contributed by atoms with Gasteiger partial charge in [0.05, 0.1) is 11.9 Å². The van der Waals surface area contributed by atoms with Crippen molar-refractivity contribution >= 4 is 23.1 Å². The SMILES string of the molecule is CC(=O)Cn1ncc(N=[N+]=[N-])c(Cl)c1=O. The lowest BCUT2D eigenvalue weighted by molar-refractivity contribution is -0.117. The van der Waals surface area contributed by atoms with Crippen molar-refractivity contribution in [2.45, 2.75) is 13.5 Å². The zero-order valence-electron chi connectivity index (χ0n) is 7.71. The molecule has 1 heterocycles. The highest BCUT2D eigenvalue weighted by Gasteiger charge is 2.08. The van der Waals surface area contributed by atoms with Gasteiger partial charge in [-0.25, -0.2) is 4.68 Å². The molecule has 0 fully saturated rings. The second kappa shape index (κ2) is 4.59. The van der Waals surface area contributed by atoms with Gasteiger partial charge in [0.15, 0.2) is 5.78 Å². The topological polar surface area (TPSA) is 101 Å². The minimum atomic E-state index is -0.656. The van der Waals surface area contributed by atoms with Gasteiger partial charge in [0.2, 0.25) is 0 Å². The van der Waals surface area contributed by atoms with Gasteiger partial charge in [0, 0.05) is 4.91 Å². The minimum absolute atomic E-state index is 0.0519. The van der Waals surface area contributed by atoms with Crippen molar-refractivity contribution in [3.63, 3.8) is 0 Å². The summed E-state index contributed by atoms with van der Waals surface area (Å²) >= 11 is 5.61. The minimum Gasteiger partial charge on any atom is -0.298 e. The summed E-state index contributed by atoms with van der Waals surface area (Å²) in [6.07, 6.45) is 1.13. The van der Waals surface area contributed by atoms with E-state index in [-0.39, 0.29) is 23.0 Å². The number of carbonyl (C=O) groups is 1. The number of nitrogens with zero attached hydrogens (tertiary/aromatic N) is 5. The second-order valence-corrected chi connectivity index (χ2v) is 3.08. The molecule has 1 aromatic rings. The van der Waals surface area contributed by atoms with E-state index < -0.39 is 5.56 Å². The summed E-state index contributed by atoms with van der Waals surface area (Å²) in [6.45, 7) is 1.17. The van der Waals surface area contributed by atoms with E-state index in [1.54, 1.807) is 0 Å². The Hall–Kier alpha value is -1.85. The Morgan fingerprint density at radius 3 is 3.00 bits per heavy atom. The summed E-state index contributed by atoms with van der Waals surface area (Å²) in [5, 5.41) is 6.56. The molecule has 7 nitrogen and oxygen atoms in total. The van der Waals surface area contributed by atoms with Crippen molar-refractivity contribution in [3.8, 4) is 0 Å². The largest absolute Gasteiger partial charge is 0.298 e. The van der Waals surface area contributed by atoms with Gasteiger partial charge in [0.1, 0.15) is 11.6 Å². The van der Waals surface area contributed by atoms with Crippen molar-refractivity contribution in [3.05, 3.63) is 32.0 Å². The maximum Gasteiger partial charge on any atom is 0.286 e. The smallest absolute Gasteiger partial charge is 0.286 e. The lowest BCUT2D eigenvalue weighted by Crippen LogP contribution is -2.25. The molecule has 0 N–H and O–H groups in total. The van der Waals surface area contributed by atoms with E-state index in [0.717, 1.165) is 10.9 Å². The fourth-order valence-electron chi connectivity index (χ4n) is 0.898. The van der Waals surface area contributed by atoms with Gasteiger partial charge in [0.25, 0.3) is 5.56 Å². The van der Waals surface area contributed by atoms with Crippen molar-refractivity contribution in [2.75, 3.05) is 0 Å². The van der Waals surface area contributed by atoms with Crippen molar-refractivity contribution in [1.82, 2.24) is 9.78 Å². The third-order valence-corrected chi connectivity index (χ3v) is 1.85. The number of hydrogen-bond donors (Lipinski definition) is 0. The molecule has 0 aliphatic rings. The average Bonchev–Trinajstić information content (AvgIpc) is 2.17. The van der Waals surface area contributed by atoms with Gasteiger partial charge in [-0.05, 0) is 12.5 Å². The van der Waals surface area contributed by atoms with E-state index in [0.29, 0.717) is 0 Å². The average molecular weight is 228 g/mol. The molecule has 0 radical (unpaired) electrons. The molecule has 0 bridgehead atoms. The second-order valence-electron chi connectivity index (χ2n) is 2.70. The van der Waals surface area contributed by atoms with Crippen LogP contribution in [0.5, 0.6) is 0 Å². The van der Waals surface area contributed by atoms with E-state index in [1.165, 1.54) is 6.92 Å². The molecule has 0 spiro atoms. The van der Waals surface area contributed by atoms with Crippen LogP contribution in [0.4, 0.5) is 5.69 Å². The molecule has 0 atom stereocenters. The van der Waals surface area contributed by atoms with Crippen LogP contribution in [0.2, 0.25) is 5.02 Å². The van der Waals surface area contributed by atoms with Gasteiger partial charge in [-0.15, -0.1) is 0 Å². The molecule has 15 heavy (non-hydrogen) atoms. The third-order valence-electron chi connectivity index (χ3n) is 1.49. The molecule has 0 saturated heterocycles. The van der Waals surface area contributed by atoms with Crippen molar-refractivity contribution < 1.29 is 4.79 Å². The number of rotatable bonds is 3. The maximum atomic E-state index is 11.4. The predicted octanol–water partition coefficient (Wildman–Crippen LogP) is 1.43.